The number of anilines is 1. The molecule has 1 heterocycles. The van der Waals surface area contributed by atoms with Crippen LogP contribution < -0.4 is 10.9 Å². The maximum Gasteiger partial charge on any atom is 0.339 e. The Bertz CT molecular complexity index is 1040. The van der Waals surface area contributed by atoms with Gasteiger partial charge in [0, 0.05) is 18.5 Å². The number of pyridine rings is 1. The third kappa shape index (κ3) is 3.01. The molecule has 0 aliphatic heterocycles. The number of methoxy groups -OCH3 is 1. The van der Waals surface area contributed by atoms with Gasteiger partial charge in [-0.1, -0.05) is 30.3 Å². The lowest BCUT2D eigenvalue weighted by atomic mass is 10.1. The average molecular weight is 336 g/mol. The number of benzene rings is 2. The molecule has 0 atom stereocenters. The third-order valence-electron chi connectivity index (χ3n) is 3.98. The normalized spacial score (nSPS) is 10.5. The van der Waals surface area contributed by atoms with Gasteiger partial charge < -0.3 is 14.6 Å². The summed E-state index contributed by atoms with van der Waals surface area (Å²) >= 11 is 0. The van der Waals surface area contributed by atoms with Gasteiger partial charge in [0.15, 0.2) is 0 Å². The summed E-state index contributed by atoms with van der Waals surface area (Å²) in [4.78, 5) is 36.7. The molecule has 3 rings (SSSR count). The maximum absolute atomic E-state index is 12.7. The number of rotatable bonds is 3. The van der Waals surface area contributed by atoms with Gasteiger partial charge in [-0.15, -0.1) is 0 Å². The molecule has 0 aliphatic rings. The molecule has 0 bridgehead atoms. The number of carbonyl (C=O) groups excluding carboxylic acids is 2. The second kappa shape index (κ2) is 6.60. The molecule has 126 valence electrons. The molecule has 0 spiro atoms. The SMILES string of the molecule is COC(=O)c1ccccc1NC(=O)c1cc(=O)n(C)c2ccccc12. The zero-order valence-corrected chi connectivity index (χ0v) is 13.8. The number of aryl methyl sites for hydroxylation is 1. The summed E-state index contributed by atoms with van der Waals surface area (Å²) in [7, 11) is 2.92. The first kappa shape index (κ1) is 16.4. The number of para-hydroxylation sites is 2. The molecule has 2 aromatic carbocycles. The molecule has 6 nitrogen and oxygen atoms in total. The second-order valence-electron chi connectivity index (χ2n) is 5.46. The molecule has 0 saturated heterocycles. The highest BCUT2D eigenvalue weighted by atomic mass is 16.5. The van der Waals surface area contributed by atoms with E-state index in [-0.39, 0.29) is 16.7 Å². The van der Waals surface area contributed by atoms with Gasteiger partial charge in [-0.2, -0.15) is 0 Å². The molecule has 1 amide bonds. The van der Waals surface area contributed by atoms with Gasteiger partial charge in [0.1, 0.15) is 0 Å². The minimum absolute atomic E-state index is 0.242. The molecule has 0 radical (unpaired) electrons. The van der Waals surface area contributed by atoms with Crippen LogP contribution in [0.5, 0.6) is 0 Å². The number of hydrogen-bond acceptors (Lipinski definition) is 4. The largest absolute Gasteiger partial charge is 0.465 e. The van der Waals surface area contributed by atoms with E-state index in [0.717, 1.165) is 0 Å². The maximum atomic E-state index is 12.7. The van der Waals surface area contributed by atoms with Gasteiger partial charge in [0.2, 0.25) is 0 Å². The molecule has 0 aliphatic carbocycles. The fraction of sp³-hybridized carbons (Fsp3) is 0.105. The van der Waals surface area contributed by atoms with Crippen LogP contribution in [0.1, 0.15) is 20.7 Å². The van der Waals surface area contributed by atoms with Crippen LogP contribution in [0.3, 0.4) is 0 Å². The van der Waals surface area contributed by atoms with Crippen LogP contribution in [-0.4, -0.2) is 23.6 Å². The fourth-order valence-electron chi connectivity index (χ4n) is 2.67. The summed E-state index contributed by atoms with van der Waals surface area (Å²) in [5.41, 5.74) is 1.18. The van der Waals surface area contributed by atoms with Crippen molar-refractivity contribution < 1.29 is 14.3 Å². The topological polar surface area (TPSA) is 77.4 Å². The number of hydrogen-bond donors (Lipinski definition) is 1. The van der Waals surface area contributed by atoms with Gasteiger partial charge in [-0.3, -0.25) is 9.59 Å². The number of nitrogens with zero attached hydrogens (tertiary/aromatic N) is 1. The summed E-state index contributed by atoms with van der Waals surface area (Å²) in [5.74, 6) is -1.02. The zero-order valence-electron chi connectivity index (χ0n) is 13.8. The summed E-state index contributed by atoms with van der Waals surface area (Å²) in [6.45, 7) is 0. The van der Waals surface area contributed by atoms with E-state index in [9.17, 15) is 14.4 Å². The Morgan fingerprint density at radius 2 is 1.68 bits per heavy atom. The van der Waals surface area contributed by atoms with Crippen molar-refractivity contribution in [2.24, 2.45) is 7.05 Å². The summed E-state index contributed by atoms with van der Waals surface area (Å²) < 4.78 is 6.21. The molecule has 6 heteroatoms. The van der Waals surface area contributed by atoms with E-state index < -0.39 is 11.9 Å². The van der Waals surface area contributed by atoms with Crippen molar-refractivity contribution in [3.8, 4) is 0 Å². The Balaban J connectivity index is 2.07. The molecule has 1 N–H and O–H groups in total. The first-order chi connectivity index (χ1) is 12.0. The number of ether oxygens (including phenoxy) is 1. The smallest absolute Gasteiger partial charge is 0.339 e. The molecular formula is C19H16N2O4. The van der Waals surface area contributed by atoms with E-state index in [1.165, 1.54) is 17.7 Å². The number of esters is 1. The van der Waals surface area contributed by atoms with E-state index in [4.69, 9.17) is 4.74 Å². The minimum atomic E-state index is -0.551. The molecule has 1 aromatic heterocycles. The van der Waals surface area contributed by atoms with Crippen LogP contribution in [-0.2, 0) is 11.8 Å². The molecular weight excluding hydrogens is 320 g/mol. The highest BCUT2D eigenvalue weighted by Gasteiger charge is 2.17. The lowest BCUT2D eigenvalue weighted by molar-refractivity contribution is 0.0602. The Labute approximate surface area is 143 Å². The van der Waals surface area contributed by atoms with Gasteiger partial charge in [-0.25, -0.2) is 4.79 Å². The van der Waals surface area contributed by atoms with Crippen molar-refractivity contribution in [1.29, 1.82) is 0 Å². The highest BCUT2D eigenvalue weighted by molar-refractivity contribution is 6.14. The number of amides is 1. The van der Waals surface area contributed by atoms with Crippen molar-refractivity contribution in [3.63, 3.8) is 0 Å². The summed E-state index contributed by atoms with van der Waals surface area (Å²) in [6.07, 6.45) is 0. The van der Waals surface area contributed by atoms with Crippen LogP contribution in [0.15, 0.2) is 59.4 Å². The standard InChI is InChI=1S/C19H16N2O4/c1-21-16-10-6-4-7-12(16)14(11-17(21)22)18(23)20-15-9-5-3-8-13(15)19(24)25-2/h3-11H,1-2H3,(H,20,23). The van der Waals surface area contributed by atoms with Gasteiger partial charge in [0.05, 0.1) is 29.4 Å². The predicted octanol–water partition coefficient (Wildman–Crippen LogP) is 2.58. The number of nitrogens with one attached hydrogen (secondary N) is 1. The fourth-order valence-corrected chi connectivity index (χ4v) is 2.67. The number of aromatic nitrogens is 1. The number of fused-ring (bicyclic) bond motifs is 1. The van der Waals surface area contributed by atoms with Crippen molar-refractivity contribution in [2.75, 3.05) is 12.4 Å². The van der Waals surface area contributed by atoms with Gasteiger partial charge >= 0.3 is 5.97 Å². The lowest BCUT2D eigenvalue weighted by Gasteiger charge is -2.12. The monoisotopic (exact) mass is 336 g/mol. The molecule has 3 aromatic rings. The van der Waals surface area contributed by atoms with Crippen molar-refractivity contribution in [1.82, 2.24) is 4.57 Å². The zero-order chi connectivity index (χ0) is 18.0. The van der Waals surface area contributed by atoms with Crippen molar-refractivity contribution >= 4 is 28.5 Å². The Hall–Kier alpha value is -3.41. The van der Waals surface area contributed by atoms with Crippen LogP contribution in [0.2, 0.25) is 0 Å². The Kier molecular flexibility index (Phi) is 4.35. The van der Waals surface area contributed by atoms with E-state index in [2.05, 4.69) is 5.32 Å². The Morgan fingerprint density at radius 3 is 2.44 bits per heavy atom. The Morgan fingerprint density at radius 1 is 1.00 bits per heavy atom. The van der Waals surface area contributed by atoms with E-state index >= 15 is 0 Å². The third-order valence-corrected chi connectivity index (χ3v) is 3.98. The highest BCUT2D eigenvalue weighted by Crippen LogP contribution is 2.20. The van der Waals surface area contributed by atoms with Crippen LogP contribution in [0, 0.1) is 0 Å². The molecule has 0 unspecified atom stereocenters. The quantitative estimate of drug-likeness (QED) is 0.746. The summed E-state index contributed by atoms with van der Waals surface area (Å²) in [6, 6.07) is 15.0. The number of carbonyl (C=O) groups is 2. The predicted molar refractivity (Wildman–Crippen MR) is 94.9 cm³/mol. The van der Waals surface area contributed by atoms with Crippen LogP contribution in [0.4, 0.5) is 5.69 Å². The minimum Gasteiger partial charge on any atom is -0.465 e. The molecule has 25 heavy (non-hydrogen) atoms. The molecule has 0 saturated carbocycles. The van der Waals surface area contributed by atoms with Crippen molar-refractivity contribution in [3.05, 3.63) is 76.1 Å². The first-order valence-electron chi connectivity index (χ1n) is 7.60. The second-order valence-corrected chi connectivity index (χ2v) is 5.46. The molecule has 0 fully saturated rings. The average Bonchev–Trinajstić information content (AvgIpc) is 2.64. The van der Waals surface area contributed by atoms with E-state index in [1.54, 1.807) is 55.6 Å². The first-order valence-corrected chi connectivity index (χ1v) is 7.60. The summed E-state index contributed by atoms with van der Waals surface area (Å²) in [5, 5.41) is 3.34. The van der Waals surface area contributed by atoms with Gasteiger partial charge in [-0.05, 0) is 18.2 Å². The van der Waals surface area contributed by atoms with Gasteiger partial charge in [0.25, 0.3) is 11.5 Å². The van der Waals surface area contributed by atoms with Crippen LogP contribution in [0.25, 0.3) is 10.9 Å². The van der Waals surface area contributed by atoms with Crippen LogP contribution >= 0.6 is 0 Å². The van der Waals surface area contributed by atoms with Crippen molar-refractivity contribution in [2.45, 2.75) is 0 Å². The van der Waals surface area contributed by atoms with E-state index in [1.807, 2.05) is 0 Å². The van der Waals surface area contributed by atoms with E-state index in [0.29, 0.717) is 16.6 Å². The lowest BCUT2D eigenvalue weighted by Crippen LogP contribution is -2.22.